The largest absolute Gasteiger partial charge is 0.456 e. The number of benzene rings is 10. The highest BCUT2D eigenvalue weighted by molar-refractivity contribution is 6.24. The summed E-state index contributed by atoms with van der Waals surface area (Å²) in [5, 5.41) is 13.5. The number of fused-ring (bicyclic) bond motifs is 13. The molecule has 0 amide bonds. The van der Waals surface area contributed by atoms with Crippen LogP contribution in [0.5, 0.6) is 0 Å². The van der Waals surface area contributed by atoms with Crippen molar-refractivity contribution in [1.29, 1.82) is 0 Å². The van der Waals surface area contributed by atoms with Crippen molar-refractivity contribution in [3.8, 4) is 34.4 Å². The fourth-order valence-corrected chi connectivity index (χ4v) is 10.2. The molecule has 0 N–H and O–H groups in total. The molecule has 14 rings (SSSR count). The highest BCUT2D eigenvalue weighted by atomic mass is 16.3. The summed E-state index contributed by atoms with van der Waals surface area (Å²) in [6.07, 6.45) is 0. The van der Waals surface area contributed by atoms with Gasteiger partial charge < -0.3 is 8.98 Å². The van der Waals surface area contributed by atoms with Gasteiger partial charge in [0.15, 0.2) is 11.6 Å². The van der Waals surface area contributed by atoms with E-state index < -0.39 is 0 Å². The summed E-state index contributed by atoms with van der Waals surface area (Å²) < 4.78 is 11.3. The fourth-order valence-electron chi connectivity index (χ4n) is 10.2. The Morgan fingerprint density at radius 2 is 0.937 bits per heavy atom. The maximum absolute atomic E-state index is 6.68. The van der Waals surface area contributed by atoms with E-state index >= 15 is 0 Å². The van der Waals surface area contributed by atoms with Crippen molar-refractivity contribution < 1.29 is 4.42 Å². The molecule has 292 valence electrons. The predicted molar refractivity (Wildman–Crippen MR) is 259 cm³/mol. The molecule has 0 saturated carbocycles. The van der Waals surface area contributed by atoms with E-state index in [9.17, 15) is 0 Å². The smallest absolute Gasteiger partial charge is 0.238 e. The number of furan rings is 1. The van der Waals surface area contributed by atoms with Gasteiger partial charge in [0, 0.05) is 37.9 Å². The highest BCUT2D eigenvalue weighted by Gasteiger charge is 2.26. The second kappa shape index (κ2) is 12.9. The quantitative estimate of drug-likeness (QED) is 0.178. The maximum Gasteiger partial charge on any atom is 0.238 e. The van der Waals surface area contributed by atoms with Gasteiger partial charge in [0.25, 0.3) is 0 Å². The van der Waals surface area contributed by atoms with Gasteiger partial charge in [-0.2, -0.15) is 9.97 Å². The summed E-state index contributed by atoms with van der Waals surface area (Å²) in [4.78, 5) is 16.6. The molecule has 0 aliphatic carbocycles. The topological polar surface area (TPSA) is 61.7 Å². The van der Waals surface area contributed by atoms with E-state index in [1.807, 2.05) is 12.1 Å². The van der Waals surface area contributed by atoms with Crippen molar-refractivity contribution >= 4 is 97.9 Å². The van der Waals surface area contributed by atoms with E-state index in [1.165, 1.54) is 32.3 Å². The Morgan fingerprint density at radius 1 is 0.333 bits per heavy atom. The van der Waals surface area contributed by atoms with Gasteiger partial charge in [0.2, 0.25) is 5.95 Å². The Hall–Kier alpha value is -8.61. The van der Waals surface area contributed by atoms with E-state index in [0.29, 0.717) is 17.6 Å². The van der Waals surface area contributed by atoms with E-state index in [4.69, 9.17) is 19.4 Å². The molecule has 0 unspecified atom stereocenters. The zero-order valence-electron chi connectivity index (χ0n) is 33.7. The Balaban J connectivity index is 1.18. The number of aromatic nitrogens is 5. The first-order chi connectivity index (χ1) is 31.2. The first kappa shape index (κ1) is 34.1. The number of hydrogen-bond acceptors (Lipinski definition) is 4. The molecule has 6 heteroatoms. The van der Waals surface area contributed by atoms with Crippen LogP contribution in [0.3, 0.4) is 0 Å². The van der Waals surface area contributed by atoms with Gasteiger partial charge in [-0.05, 0) is 80.8 Å². The Labute approximate surface area is 359 Å². The van der Waals surface area contributed by atoms with Crippen molar-refractivity contribution in [3.05, 3.63) is 200 Å². The van der Waals surface area contributed by atoms with E-state index in [0.717, 1.165) is 82.4 Å². The molecule has 4 aromatic heterocycles. The molecule has 0 fully saturated rings. The molecule has 10 aromatic carbocycles. The van der Waals surface area contributed by atoms with Gasteiger partial charge in [-0.15, -0.1) is 0 Å². The lowest BCUT2D eigenvalue weighted by Crippen LogP contribution is -2.08. The molecule has 0 spiro atoms. The molecule has 0 saturated heterocycles. The third-order valence-corrected chi connectivity index (χ3v) is 12.9. The molecule has 0 radical (unpaired) electrons. The summed E-state index contributed by atoms with van der Waals surface area (Å²) in [7, 11) is 0. The second-order valence-electron chi connectivity index (χ2n) is 16.3. The van der Waals surface area contributed by atoms with Crippen LogP contribution < -0.4 is 0 Å². The van der Waals surface area contributed by atoms with Crippen LogP contribution in [0.1, 0.15) is 0 Å². The van der Waals surface area contributed by atoms with Crippen LogP contribution in [0.4, 0.5) is 0 Å². The van der Waals surface area contributed by atoms with Crippen LogP contribution >= 0.6 is 0 Å². The minimum Gasteiger partial charge on any atom is -0.456 e. The average Bonchev–Trinajstić information content (AvgIpc) is 4.00. The van der Waals surface area contributed by atoms with Gasteiger partial charge >= 0.3 is 0 Å². The SMILES string of the molecule is c1ccc2cc3c(cc2c1)c1c2ccccc2ccc1n3-c1ccc2oc3ccccc3c2c1-c1nc(-c2cccc3ccccc23)nc(-n2c3ccccc3c3ccccc32)n1. The van der Waals surface area contributed by atoms with Gasteiger partial charge in [-0.3, -0.25) is 4.57 Å². The van der Waals surface area contributed by atoms with Crippen molar-refractivity contribution in [3.63, 3.8) is 0 Å². The van der Waals surface area contributed by atoms with Crippen molar-refractivity contribution in [2.45, 2.75) is 0 Å². The van der Waals surface area contributed by atoms with Crippen LogP contribution in [0.25, 0.3) is 132 Å². The minimum absolute atomic E-state index is 0.537. The van der Waals surface area contributed by atoms with Crippen LogP contribution in [0, 0.1) is 0 Å². The van der Waals surface area contributed by atoms with Crippen molar-refractivity contribution in [1.82, 2.24) is 24.1 Å². The summed E-state index contributed by atoms with van der Waals surface area (Å²) in [5.74, 6) is 1.67. The van der Waals surface area contributed by atoms with Gasteiger partial charge in [-0.25, -0.2) is 4.98 Å². The monoisotopic (exact) mass is 803 g/mol. The number of para-hydroxylation sites is 3. The first-order valence-corrected chi connectivity index (χ1v) is 21.3. The minimum atomic E-state index is 0.537. The summed E-state index contributed by atoms with van der Waals surface area (Å²) in [6, 6.07) is 70.9. The van der Waals surface area contributed by atoms with Gasteiger partial charge in [0.1, 0.15) is 11.2 Å². The molecule has 0 aliphatic rings. The number of hydrogen-bond donors (Lipinski definition) is 0. The summed E-state index contributed by atoms with van der Waals surface area (Å²) in [6.45, 7) is 0. The Kier molecular flexibility index (Phi) is 7.02. The van der Waals surface area contributed by atoms with E-state index in [1.54, 1.807) is 0 Å². The second-order valence-corrected chi connectivity index (χ2v) is 16.3. The lowest BCUT2D eigenvalue weighted by atomic mass is 10.0. The van der Waals surface area contributed by atoms with Crippen LogP contribution in [-0.2, 0) is 0 Å². The molecular weight excluding hydrogens is 771 g/mol. The van der Waals surface area contributed by atoms with Crippen LogP contribution in [0.2, 0.25) is 0 Å². The Morgan fingerprint density at radius 3 is 1.71 bits per heavy atom. The van der Waals surface area contributed by atoms with Crippen molar-refractivity contribution in [2.75, 3.05) is 0 Å². The fraction of sp³-hybridized carbons (Fsp3) is 0. The first-order valence-electron chi connectivity index (χ1n) is 21.3. The molecule has 0 bridgehead atoms. The standard InChI is InChI=1S/C57H33N5O/c1-2-17-37-33-49-44(32-36(37)16-1)52-39-20-6-4-15-35(39)28-29-47(52)61(49)48-30-31-51-53(43-23-9-12-27-50(43)63-51)54(48)56-58-55(42-24-13-18-34-14-3-5-19-38(34)42)59-57(60-56)62-45-25-10-7-21-40(45)41-22-8-11-26-46(41)62/h1-33H. The summed E-state index contributed by atoms with van der Waals surface area (Å²) >= 11 is 0. The average molecular weight is 804 g/mol. The maximum atomic E-state index is 6.68. The zero-order valence-corrected chi connectivity index (χ0v) is 33.7. The normalized spacial score (nSPS) is 12.1. The van der Waals surface area contributed by atoms with Gasteiger partial charge in [-0.1, -0.05) is 152 Å². The molecule has 6 nitrogen and oxygen atoms in total. The van der Waals surface area contributed by atoms with E-state index in [-0.39, 0.29) is 0 Å². The molecule has 63 heavy (non-hydrogen) atoms. The molecule has 14 aromatic rings. The lowest BCUT2D eigenvalue weighted by Gasteiger charge is -2.17. The molecule has 0 aliphatic heterocycles. The molecular formula is C57H33N5O. The third-order valence-electron chi connectivity index (χ3n) is 12.9. The summed E-state index contributed by atoms with van der Waals surface area (Å²) in [5.41, 5.74) is 8.54. The Bertz CT molecular complexity index is 4170. The zero-order chi connectivity index (χ0) is 41.2. The van der Waals surface area contributed by atoms with Crippen LogP contribution in [0.15, 0.2) is 205 Å². The predicted octanol–water partition coefficient (Wildman–Crippen LogP) is 14.8. The van der Waals surface area contributed by atoms with Gasteiger partial charge in [0.05, 0.1) is 33.3 Å². The van der Waals surface area contributed by atoms with Crippen LogP contribution in [-0.4, -0.2) is 24.1 Å². The lowest BCUT2D eigenvalue weighted by molar-refractivity contribution is 0.669. The van der Waals surface area contributed by atoms with E-state index in [2.05, 4.69) is 197 Å². The van der Waals surface area contributed by atoms with Crippen molar-refractivity contribution in [2.24, 2.45) is 0 Å². The highest BCUT2D eigenvalue weighted by Crippen LogP contribution is 2.45. The third kappa shape index (κ3) is 4.91. The molecule has 4 heterocycles. The molecule has 0 atom stereocenters. The number of rotatable bonds is 4. The number of nitrogens with zero attached hydrogens (tertiary/aromatic N) is 5.